The number of nitrogens with two attached hydrogens (primary N) is 1. The normalized spacial score (nSPS) is 13.7. The van der Waals surface area contributed by atoms with Gasteiger partial charge < -0.3 is 20.9 Å². The van der Waals surface area contributed by atoms with Crippen LogP contribution in [0.3, 0.4) is 0 Å². The highest BCUT2D eigenvalue weighted by Crippen LogP contribution is 2.05. The summed E-state index contributed by atoms with van der Waals surface area (Å²) in [4.78, 5) is 22.1. The number of alkyl carbamates (subject to hydrolysis) is 1. The molecule has 0 aliphatic carbocycles. The average Bonchev–Trinajstić information content (AvgIpc) is 2.27. The molecule has 0 aromatic heterocycles. The molecule has 2 unspecified atom stereocenters. The van der Waals surface area contributed by atoms with Crippen LogP contribution in [0.1, 0.15) is 39.0 Å². The molecule has 0 aromatic rings. The maximum atomic E-state index is 13.0. The van der Waals surface area contributed by atoms with Crippen molar-refractivity contribution in [2.24, 2.45) is 5.73 Å². The lowest BCUT2D eigenvalue weighted by Crippen LogP contribution is -2.41. The molecule has 0 aliphatic rings. The van der Waals surface area contributed by atoms with Gasteiger partial charge in [-0.1, -0.05) is 6.92 Å². The summed E-state index contributed by atoms with van der Waals surface area (Å²) >= 11 is 0. The van der Waals surface area contributed by atoms with E-state index in [1.165, 1.54) is 0 Å². The number of carboxylic acid groups (broad SMARTS) is 1. The zero-order chi connectivity index (χ0) is 14.0. The lowest BCUT2D eigenvalue weighted by molar-refractivity contribution is -0.139. The molecule has 0 spiro atoms. The molecule has 106 valence electrons. The Balaban J connectivity index is 4.07. The van der Waals surface area contributed by atoms with Crippen molar-refractivity contribution in [3.05, 3.63) is 0 Å². The summed E-state index contributed by atoms with van der Waals surface area (Å²) in [6, 6.07) is -1.07. The van der Waals surface area contributed by atoms with Crippen molar-refractivity contribution in [1.82, 2.24) is 5.32 Å². The summed E-state index contributed by atoms with van der Waals surface area (Å²) in [5.41, 5.74) is 5.28. The van der Waals surface area contributed by atoms with Gasteiger partial charge in [-0.15, -0.1) is 0 Å². The van der Waals surface area contributed by atoms with Crippen LogP contribution >= 0.6 is 0 Å². The summed E-state index contributed by atoms with van der Waals surface area (Å²) in [6.07, 6.45) is -0.633. The third kappa shape index (κ3) is 7.83. The monoisotopic (exact) mass is 264 g/mol. The second-order valence-corrected chi connectivity index (χ2v) is 3.92. The van der Waals surface area contributed by atoms with E-state index in [0.29, 0.717) is 25.8 Å². The molecular formula is C11H21FN2O4. The number of hydrogen-bond acceptors (Lipinski definition) is 4. The van der Waals surface area contributed by atoms with Gasteiger partial charge >= 0.3 is 12.1 Å². The van der Waals surface area contributed by atoms with E-state index >= 15 is 0 Å². The number of rotatable bonds is 9. The Hall–Kier alpha value is -1.37. The van der Waals surface area contributed by atoms with Crippen LogP contribution in [0, 0.1) is 0 Å². The van der Waals surface area contributed by atoms with E-state index in [1.54, 1.807) is 6.92 Å². The molecule has 1 amide bonds. The van der Waals surface area contributed by atoms with Gasteiger partial charge in [-0.25, -0.2) is 14.0 Å². The van der Waals surface area contributed by atoms with Crippen LogP contribution in [0.15, 0.2) is 0 Å². The number of amides is 1. The van der Waals surface area contributed by atoms with E-state index in [0.717, 1.165) is 0 Å². The number of carbonyl (C=O) groups is 2. The molecule has 0 saturated carbocycles. The van der Waals surface area contributed by atoms with Gasteiger partial charge in [-0.05, 0) is 32.2 Å². The number of halogens is 1. The molecule has 0 saturated heterocycles. The van der Waals surface area contributed by atoms with Crippen LogP contribution in [-0.4, -0.2) is 36.1 Å². The van der Waals surface area contributed by atoms with Crippen molar-refractivity contribution in [3.63, 3.8) is 0 Å². The average molecular weight is 264 g/mol. The molecular weight excluding hydrogens is 243 g/mol. The van der Waals surface area contributed by atoms with Crippen molar-refractivity contribution in [2.45, 2.75) is 51.4 Å². The Morgan fingerprint density at radius 3 is 2.56 bits per heavy atom. The fourth-order valence-corrected chi connectivity index (χ4v) is 1.33. The topological polar surface area (TPSA) is 102 Å². The highest BCUT2D eigenvalue weighted by molar-refractivity contribution is 5.79. The Bertz CT molecular complexity index is 263. The molecule has 0 radical (unpaired) electrons. The molecule has 0 bridgehead atoms. The summed E-state index contributed by atoms with van der Waals surface area (Å²) in [7, 11) is 0. The van der Waals surface area contributed by atoms with E-state index < -0.39 is 24.5 Å². The minimum atomic E-state index is -1.70. The molecule has 0 rings (SSSR count). The third-order valence-electron chi connectivity index (χ3n) is 2.29. The van der Waals surface area contributed by atoms with Crippen LogP contribution in [0.5, 0.6) is 0 Å². The number of carbonyl (C=O) groups excluding carboxylic acids is 1. The molecule has 0 aliphatic heterocycles. The lowest BCUT2D eigenvalue weighted by Gasteiger charge is -2.15. The Kier molecular flexibility index (Phi) is 8.91. The second-order valence-electron chi connectivity index (χ2n) is 3.92. The third-order valence-corrected chi connectivity index (χ3v) is 2.29. The maximum Gasteiger partial charge on any atom is 0.410 e. The number of unbranched alkanes of at least 4 members (excludes halogenated alkanes) is 1. The van der Waals surface area contributed by atoms with Gasteiger partial charge in [-0.2, -0.15) is 0 Å². The SMILES string of the molecule is CCCC(F)OC(=O)NC(CCCCN)C(=O)O. The van der Waals surface area contributed by atoms with Gasteiger partial charge in [0.25, 0.3) is 0 Å². The summed E-state index contributed by atoms with van der Waals surface area (Å²) in [5.74, 6) is -1.17. The minimum absolute atomic E-state index is 0.0956. The quantitative estimate of drug-likeness (QED) is 0.546. The van der Waals surface area contributed by atoms with E-state index in [4.69, 9.17) is 10.8 Å². The molecule has 0 aromatic carbocycles. The van der Waals surface area contributed by atoms with Crippen LogP contribution in [0.4, 0.5) is 9.18 Å². The van der Waals surface area contributed by atoms with Crippen molar-refractivity contribution in [3.8, 4) is 0 Å². The number of nitrogens with one attached hydrogen (secondary N) is 1. The van der Waals surface area contributed by atoms with Crippen molar-refractivity contribution >= 4 is 12.1 Å². The largest absolute Gasteiger partial charge is 0.480 e. The van der Waals surface area contributed by atoms with Gasteiger partial charge in [0.05, 0.1) is 0 Å². The molecule has 0 fully saturated rings. The summed E-state index contributed by atoms with van der Waals surface area (Å²) in [5, 5.41) is 11.0. The molecule has 7 heteroatoms. The van der Waals surface area contributed by atoms with Crippen molar-refractivity contribution in [2.75, 3.05) is 6.54 Å². The fourth-order valence-electron chi connectivity index (χ4n) is 1.33. The zero-order valence-corrected chi connectivity index (χ0v) is 10.5. The Morgan fingerprint density at radius 2 is 2.06 bits per heavy atom. The van der Waals surface area contributed by atoms with Crippen LogP contribution in [0.25, 0.3) is 0 Å². The predicted molar refractivity (Wildman–Crippen MR) is 63.7 cm³/mol. The zero-order valence-electron chi connectivity index (χ0n) is 10.5. The van der Waals surface area contributed by atoms with Gasteiger partial charge in [0.15, 0.2) is 0 Å². The minimum Gasteiger partial charge on any atom is -0.480 e. The van der Waals surface area contributed by atoms with E-state index in [-0.39, 0.29) is 12.8 Å². The highest BCUT2D eigenvalue weighted by atomic mass is 19.1. The Morgan fingerprint density at radius 1 is 1.39 bits per heavy atom. The first-order valence-corrected chi connectivity index (χ1v) is 6.05. The van der Waals surface area contributed by atoms with Gasteiger partial charge in [0.1, 0.15) is 6.04 Å². The van der Waals surface area contributed by atoms with Gasteiger partial charge in [-0.3, -0.25) is 0 Å². The van der Waals surface area contributed by atoms with Crippen molar-refractivity contribution in [1.29, 1.82) is 0 Å². The first-order chi connectivity index (χ1) is 8.51. The Labute approximate surface area is 106 Å². The molecule has 6 nitrogen and oxygen atoms in total. The molecule has 2 atom stereocenters. The van der Waals surface area contributed by atoms with E-state index in [9.17, 15) is 14.0 Å². The standard InChI is InChI=1S/C11H21FN2O4/c1-2-5-9(12)18-11(17)14-8(10(15)16)6-3-4-7-13/h8-9H,2-7,13H2,1H3,(H,14,17)(H,15,16). The predicted octanol–water partition coefficient (Wildman–Crippen LogP) is 1.39. The first-order valence-electron chi connectivity index (χ1n) is 6.05. The number of carboxylic acids is 1. The number of aliphatic carboxylic acids is 1. The molecule has 0 heterocycles. The second kappa shape index (κ2) is 9.64. The molecule has 4 N–H and O–H groups in total. The summed E-state index contributed by atoms with van der Waals surface area (Å²) in [6.45, 7) is 2.21. The summed E-state index contributed by atoms with van der Waals surface area (Å²) < 4.78 is 17.3. The van der Waals surface area contributed by atoms with Crippen LogP contribution < -0.4 is 11.1 Å². The molecule has 18 heavy (non-hydrogen) atoms. The smallest absolute Gasteiger partial charge is 0.410 e. The van der Waals surface area contributed by atoms with Gasteiger partial charge in [0, 0.05) is 6.42 Å². The first kappa shape index (κ1) is 16.6. The van der Waals surface area contributed by atoms with Crippen LogP contribution in [0.2, 0.25) is 0 Å². The highest BCUT2D eigenvalue weighted by Gasteiger charge is 2.21. The van der Waals surface area contributed by atoms with Crippen molar-refractivity contribution < 1.29 is 23.8 Å². The van der Waals surface area contributed by atoms with Crippen LogP contribution in [-0.2, 0) is 9.53 Å². The number of ether oxygens (including phenoxy) is 1. The maximum absolute atomic E-state index is 13.0. The van der Waals surface area contributed by atoms with E-state index in [2.05, 4.69) is 10.1 Å². The van der Waals surface area contributed by atoms with E-state index in [1.807, 2.05) is 0 Å². The van der Waals surface area contributed by atoms with Gasteiger partial charge in [0.2, 0.25) is 6.36 Å². The number of alkyl halides is 1. The fraction of sp³-hybridized carbons (Fsp3) is 0.818. The lowest BCUT2D eigenvalue weighted by atomic mass is 10.1. The number of hydrogen-bond donors (Lipinski definition) is 3.